The molecule has 1 unspecified atom stereocenters. The molecule has 0 spiro atoms. The van der Waals surface area contributed by atoms with Crippen molar-refractivity contribution in [3.63, 3.8) is 0 Å². The zero-order chi connectivity index (χ0) is 12.1. The molecule has 1 aromatic rings. The SMILES string of the molecule is CCC(N)CNC(=O)c1ccc(O)cc1O. The lowest BCUT2D eigenvalue weighted by Gasteiger charge is -2.11. The number of benzene rings is 1. The van der Waals surface area contributed by atoms with Crippen LogP contribution < -0.4 is 11.1 Å². The van der Waals surface area contributed by atoms with Crippen LogP contribution in [-0.4, -0.2) is 28.7 Å². The summed E-state index contributed by atoms with van der Waals surface area (Å²) in [6.45, 7) is 2.28. The average molecular weight is 224 g/mol. The van der Waals surface area contributed by atoms with Crippen LogP contribution in [-0.2, 0) is 0 Å². The summed E-state index contributed by atoms with van der Waals surface area (Å²) in [5, 5.41) is 21.1. The first-order valence-electron chi connectivity index (χ1n) is 5.10. The quantitative estimate of drug-likeness (QED) is 0.601. The molecule has 0 saturated heterocycles. The first kappa shape index (κ1) is 12.3. The molecular weight excluding hydrogens is 208 g/mol. The summed E-state index contributed by atoms with van der Waals surface area (Å²) in [4.78, 5) is 11.6. The Morgan fingerprint density at radius 3 is 2.75 bits per heavy atom. The average Bonchev–Trinajstić information content (AvgIpc) is 2.25. The van der Waals surface area contributed by atoms with Gasteiger partial charge in [-0.3, -0.25) is 4.79 Å². The van der Waals surface area contributed by atoms with Crippen LogP contribution in [0.25, 0.3) is 0 Å². The Hall–Kier alpha value is -1.75. The van der Waals surface area contributed by atoms with Gasteiger partial charge in [0.25, 0.3) is 5.91 Å². The van der Waals surface area contributed by atoms with Crippen molar-refractivity contribution in [1.82, 2.24) is 5.32 Å². The van der Waals surface area contributed by atoms with E-state index in [2.05, 4.69) is 5.32 Å². The maximum atomic E-state index is 11.6. The standard InChI is InChI=1S/C11H16N2O3/c1-2-7(12)6-13-11(16)9-4-3-8(14)5-10(9)15/h3-5,7,14-15H,2,6,12H2,1H3,(H,13,16). The third-order valence-electron chi connectivity index (χ3n) is 2.28. The lowest BCUT2D eigenvalue weighted by molar-refractivity contribution is 0.0948. The first-order chi connectivity index (χ1) is 7.54. The molecule has 88 valence electrons. The van der Waals surface area contributed by atoms with Crippen LogP contribution in [0.1, 0.15) is 23.7 Å². The van der Waals surface area contributed by atoms with E-state index in [1.165, 1.54) is 12.1 Å². The van der Waals surface area contributed by atoms with E-state index in [0.29, 0.717) is 6.54 Å². The van der Waals surface area contributed by atoms with Crippen LogP contribution in [0, 0.1) is 0 Å². The van der Waals surface area contributed by atoms with Gasteiger partial charge >= 0.3 is 0 Å². The van der Waals surface area contributed by atoms with Gasteiger partial charge < -0.3 is 21.3 Å². The van der Waals surface area contributed by atoms with Crippen LogP contribution in [0.15, 0.2) is 18.2 Å². The van der Waals surface area contributed by atoms with Crippen molar-refractivity contribution in [2.45, 2.75) is 19.4 Å². The van der Waals surface area contributed by atoms with Gasteiger partial charge in [-0.25, -0.2) is 0 Å². The maximum absolute atomic E-state index is 11.6. The molecular formula is C11H16N2O3. The summed E-state index contributed by atoms with van der Waals surface area (Å²) in [6, 6.07) is 3.73. The molecule has 1 rings (SSSR count). The predicted molar refractivity (Wildman–Crippen MR) is 60.4 cm³/mol. The first-order valence-corrected chi connectivity index (χ1v) is 5.10. The zero-order valence-corrected chi connectivity index (χ0v) is 9.10. The van der Waals surface area contributed by atoms with Gasteiger partial charge in [0.1, 0.15) is 11.5 Å². The van der Waals surface area contributed by atoms with Gasteiger partial charge in [-0.1, -0.05) is 6.92 Å². The van der Waals surface area contributed by atoms with E-state index in [1.54, 1.807) is 0 Å². The second kappa shape index (κ2) is 5.37. The number of nitrogens with one attached hydrogen (secondary N) is 1. The van der Waals surface area contributed by atoms with Crippen LogP contribution in [0.4, 0.5) is 0 Å². The van der Waals surface area contributed by atoms with Gasteiger partial charge in [0.2, 0.25) is 0 Å². The van der Waals surface area contributed by atoms with E-state index in [9.17, 15) is 9.90 Å². The highest BCUT2D eigenvalue weighted by molar-refractivity contribution is 5.96. The summed E-state index contributed by atoms with van der Waals surface area (Å²) in [5.74, 6) is -0.733. The molecule has 0 heterocycles. The minimum absolute atomic E-state index is 0.0840. The van der Waals surface area contributed by atoms with E-state index in [1.807, 2.05) is 6.92 Å². The van der Waals surface area contributed by atoms with Gasteiger partial charge in [-0.15, -0.1) is 0 Å². The Bertz CT molecular complexity index is 379. The third-order valence-corrected chi connectivity index (χ3v) is 2.28. The van der Waals surface area contributed by atoms with E-state index in [-0.39, 0.29) is 23.1 Å². The van der Waals surface area contributed by atoms with E-state index < -0.39 is 5.91 Å². The molecule has 0 saturated carbocycles. The van der Waals surface area contributed by atoms with Gasteiger partial charge in [0.15, 0.2) is 0 Å². The summed E-state index contributed by atoms with van der Waals surface area (Å²) >= 11 is 0. The maximum Gasteiger partial charge on any atom is 0.255 e. The molecule has 0 aliphatic carbocycles. The number of aromatic hydroxyl groups is 2. The number of carbonyl (C=O) groups excluding carboxylic acids is 1. The van der Waals surface area contributed by atoms with E-state index >= 15 is 0 Å². The van der Waals surface area contributed by atoms with Crippen molar-refractivity contribution < 1.29 is 15.0 Å². The molecule has 0 aliphatic heterocycles. The second-order valence-corrected chi connectivity index (χ2v) is 3.58. The Morgan fingerprint density at radius 1 is 1.50 bits per heavy atom. The van der Waals surface area contributed by atoms with Crippen LogP contribution >= 0.6 is 0 Å². The van der Waals surface area contributed by atoms with Gasteiger partial charge in [0, 0.05) is 18.7 Å². The summed E-state index contributed by atoms with van der Waals surface area (Å²) in [7, 11) is 0. The molecule has 1 aromatic carbocycles. The van der Waals surface area contributed by atoms with E-state index in [0.717, 1.165) is 12.5 Å². The number of hydrogen-bond donors (Lipinski definition) is 4. The Morgan fingerprint density at radius 2 is 2.19 bits per heavy atom. The van der Waals surface area contributed by atoms with Crippen LogP contribution in [0.2, 0.25) is 0 Å². The zero-order valence-electron chi connectivity index (χ0n) is 9.10. The largest absolute Gasteiger partial charge is 0.508 e. The minimum atomic E-state index is -0.401. The van der Waals surface area contributed by atoms with Crippen molar-refractivity contribution in [3.05, 3.63) is 23.8 Å². The fourth-order valence-electron chi connectivity index (χ4n) is 1.18. The van der Waals surface area contributed by atoms with Crippen molar-refractivity contribution in [2.75, 3.05) is 6.54 Å². The number of nitrogens with two attached hydrogens (primary N) is 1. The number of carbonyl (C=O) groups is 1. The van der Waals surface area contributed by atoms with Crippen LogP contribution in [0.5, 0.6) is 11.5 Å². The fraction of sp³-hybridized carbons (Fsp3) is 0.364. The fourth-order valence-corrected chi connectivity index (χ4v) is 1.18. The smallest absolute Gasteiger partial charge is 0.255 e. The topological polar surface area (TPSA) is 95.6 Å². The van der Waals surface area contributed by atoms with E-state index in [4.69, 9.17) is 10.8 Å². The summed E-state index contributed by atoms with van der Waals surface area (Å²) in [6.07, 6.45) is 0.766. The normalized spacial score (nSPS) is 12.1. The molecule has 1 atom stereocenters. The predicted octanol–water partition coefficient (Wildman–Crippen LogP) is 0.565. The molecule has 0 radical (unpaired) electrons. The lowest BCUT2D eigenvalue weighted by atomic mass is 10.1. The highest BCUT2D eigenvalue weighted by Gasteiger charge is 2.11. The molecule has 5 nitrogen and oxygen atoms in total. The summed E-state index contributed by atoms with van der Waals surface area (Å²) in [5.41, 5.74) is 5.77. The highest BCUT2D eigenvalue weighted by Crippen LogP contribution is 2.22. The molecule has 0 fully saturated rings. The van der Waals surface area contributed by atoms with Crippen molar-refractivity contribution in [2.24, 2.45) is 5.73 Å². The Labute approximate surface area is 93.9 Å². The van der Waals surface area contributed by atoms with Gasteiger partial charge in [-0.2, -0.15) is 0 Å². The molecule has 5 heteroatoms. The number of phenolic OH excluding ortho intramolecular Hbond substituents is 2. The number of hydrogen-bond acceptors (Lipinski definition) is 4. The van der Waals surface area contributed by atoms with Gasteiger partial charge in [-0.05, 0) is 18.6 Å². The second-order valence-electron chi connectivity index (χ2n) is 3.58. The molecule has 1 amide bonds. The third kappa shape index (κ3) is 3.13. The number of rotatable bonds is 4. The highest BCUT2D eigenvalue weighted by atomic mass is 16.3. The molecule has 16 heavy (non-hydrogen) atoms. The van der Waals surface area contributed by atoms with Gasteiger partial charge in [0.05, 0.1) is 5.56 Å². The Balaban J connectivity index is 2.66. The van der Waals surface area contributed by atoms with Crippen molar-refractivity contribution >= 4 is 5.91 Å². The lowest BCUT2D eigenvalue weighted by Crippen LogP contribution is -2.36. The molecule has 0 aliphatic rings. The molecule has 5 N–H and O–H groups in total. The number of amides is 1. The molecule has 0 bridgehead atoms. The van der Waals surface area contributed by atoms with Crippen molar-refractivity contribution in [1.29, 1.82) is 0 Å². The minimum Gasteiger partial charge on any atom is -0.508 e. The van der Waals surface area contributed by atoms with Crippen molar-refractivity contribution in [3.8, 4) is 11.5 Å². The monoisotopic (exact) mass is 224 g/mol. The molecule has 0 aromatic heterocycles. The summed E-state index contributed by atoms with van der Waals surface area (Å²) < 4.78 is 0. The van der Waals surface area contributed by atoms with Crippen LogP contribution in [0.3, 0.4) is 0 Å². The Kier molecular flexibility index (Phi) is 4.13. The number of phenols is 2.